The van der Waals surface area contributed by atoms with Crippen LogP contribution in [0.5, 0.6) is 5.75 Å². The first-order valence-electron chi connectivity index (χ1n) is 8.26. The Morgan fingerprint density at radius 3 is 2.92 bits per heavy atom. The van der Waals surface area contributed by atoms with Gasteiger partial charge in [-0.05, 0) is 33.2 Å². The van der Waals surface area contributed by atoms with Crippen LogP contribution in [0.3, 0.4) is 0 Å². The Kier molecular flexibility index (Phi) is 6.81. The van der Waals surface area contributed by atoms with E-state index in [0.717, 1.165) is 19.6 Å². The van der Waals surface area contributed by atoms with Gasteiger partial charge in [-0.3, -0.25) is 4.90 Å². The maximum Gasteiger partial charge on any atom is 0.314 e. The van der Waals surface area contributed by atoms with Crippen molar-refractivity contribution < 1.29 is 13.9 Å². The van der Waals surface area contributed by atoms with E-state index in [2.05, 4.69) is 34.5 Å². The van der Waals surface area contributed by atoms with Crippen molar-refractivity contribution in [3.05, 3.63) is 30.1 Å². The van der Waals surface area contributed by atoms with Gasteiger partial charge in [0, 0.05) is 38.3 Å². The number of ether oxygens (including phenoxy) is 1. The minimum Gasteiger partial charge on any atom is -0.489 e. The molecular formula is C17H27FN4O2. The largest absolute Gasteiger partial charge is 0.489 e. The van der Waals surface area contributed by atoms with Crippen LogP contribution in [0.15, 0.2) is 24.3 Å². The molecule has 1 aromatic carbocycles. The fourth-order valence-electron chi connectivity index (χ4n) is 2.65. The van der Waals surface area contributed by atoms with Crippen molar-refractivity contribution in [2.24, 2.45) is 0 Å². The van der Waals surface area contributed by atoms with Crippen LogP contribution in [0, 0.1) is 5.82 Å². The second kappa shape index (κ2) is 8.84. The summed E-state index contributed by atoms with van der Waals surface area (Å²) < 4.78 is 18.7. The number of rotatable bonds is 6. The molecule has 2 unspecified atom stereocenters. The van der Waals surface area contributed by atoms with Crippen LogP contribution in [0.2, 0.25) is 0 Å². The van der Waals surface area contributed by atoms with E-state index in [-0.39, 0.29) is 18.0 Å². The predicted molar refractivity (Wildman–Crippen MR) is 91.8 cm³/mol. The van der Waals surface area contributed by atoms with E-state index in [0.29, 0.717) is 24.9 Å². The minimum absolute atomic E-state index is 0.216. The van der Waals surface area contributed by atoms with Gasteiger partial charge in [0.05, 0.1) is 6.54 Å². The summed E-state index contributed by atoms with van der Waals surface area (Å²) in [4.78, 5) is 16.4. The molecule has 7 heteroatoms. The summed E-state index contributed by atoms with van der Waals surface area (Å²) in [6.07, 6.45) is -0.249. The number of carbonyl (C=O) groups excluding carboxylic acids is 1. The van der Waals surface area contributed by atoms with Gasteiger partial charge in [0.1, 0.15) is 17.7 Å². The number of halogens is 1. The lowest BCUT2D eigenvalue weighted by Crippen LogP contribution is -2.55. The maximum atomic E-state index is 13.1. The lowest BCUT2D eigenvalue weighted by atomic mass is 10.2. The third kappa shape index (κ3) is 5.98. The van der Waals surface area contributed by atoms with Crippen molar-refractivity contribution >= 4 is 6.03 Å². The van der Waals surface area contributed by atoms with Gasteiger partial charge >= 0.3 is 6.03 Å². The highest BCUT2D eigenvalue weighted by molar-refractivity contribution is 5.73. The van der Waals surface area contributed by atoms with Gasteiger partial charge in [0.2, 0.25) is 0 Å². The Labute approximate surface area is 142 Å². The zero-order chi connectivity index (χ0) is 17.5. The first-order valence-corrected chi connectivity index (χ1v) is 8.26. The SMILES string of the molecule is CC(CNC(=O)NCC1CN(C)CCN1C)Oc1cccc(F)c1. The van der Waals surface area contributed by atoms with Gasteiger partial charge < -0.3 is 20.3 Å². The van der Waals surface area contributed by atoms with Crippen LogP contribution in [0.25, 0.3) is 0 Å². The van der Waals surface area contributed by atoms with Crippen molar-refractivity contribution in [1.82, 2.24) is 20.4 Å². The summed E-state index contributed by atoms with van der Waals surface area (Å²) in [6.45, 7) is 5.77. The molecule has 1 saturated heterocycles. The second-order valence-electron chi connectivity index (χ2n) is 6.37. The Balaban J connectivity index is 1.67. The van der Waals surface area contributed by atoms with Crippen LogP contribution in [-0.4, -0.2) is 74.8 Å². The number of benzene rings is 1. The molecule has 0 radical (unpaired) electrons. The molecule has 2 rings (SSSR count). The van der Waals surface area contributed by atoms with E-state index < -0.39 is 0 Å². The highest BCUT2D eigenvalue weighted by Gasteiger charge is 2.22. The highest BCUT2D eigenvalue weighted by Crippen LogP contribution is 2.13. The number of hydrogen-bond donors (Lipinski definition) is 2. The summed E-state index contributed by atoms with van der Waals surface area (Å²) >= 11 is 0. The van der Waals surface area contributed by atoms with E-state index in [4.69, 9.17) is 4.74 Å². The van der Waals surface area contributed by atoms with E-state index in [9.17, 15) is 9.18 Å². The van der Waals surface area contributed by atoms with Crippen molar-refractivity contribution in [2.45, 2.75) is 19.1 Å². The van der Waals surface area contributed by atoms with Gasteiger partial charge in [-0.1, -0.05) is 6.07 Å². The van der Waals surface area contributed by atoms with Gasteiger partial charge in [0.25, 0.3) is 0 Å². The average molecular weight is 338 g/mol. The molecule has 134 valence electrons. The van der Waals surface area contributed by atoms with Crippen LogP contribution in [0.1, 0.15) is 6.92 Å². The van der Waals surface area contributed by atoms with Gasteiger partial charge in [-0.25, -0.2) is 9.18 Å². The zero-order valence-corrected chi connectivity index (χ0v) is 14.6. The number of nitrogens with one attached hydrogen (secondary N) is 2. The van der Waals surface area contributed by atoms with Crippen LogP contribution < -0.4 is 15.4 Å². The summed E-state index contributed by atoms with van der Waals surface area (Å²) in [7, 11) is 4.16. The van der Waals surface area contributed by atoms with Gasteiger partial charge in [0.15, 0.2) is 0 Å². The maximum absolute atomic E-state index is 13.1. The predicted octanol–water partition coefficient (Wildman–Crippen LogP) is 1.14. The molecule has 0 saturated carbocycles. The zero-order valence-electron chi connectivity index (χ0n) is 14.6. The molecule has 6 nitrogen and oxygen atoms in total. The summed E-state index contributed by atoms with van der Waals surface area (Å²) in [6, 6.07) is 6.07. The molecule has 1 aliphatic heterocycles. The second-order valence-corrected chi connectivity index (χ2v) is 6.37. The molecule has 0 aliphatic carbocycles. The number of carbonyl (C=O) groups is 1. The fourth-order valence-corrected chi connectivity index (χ4v) is 2.65. The Morgan fingerprint density at radius 1 is 1.38 bits per heavy atom. The normalized spacial score (nSPS) is 20.4. The van der Waals surface area contributed by atoms with Crippen LogP contribution in [0.4, 0.5) is 9.18 Å². The molecule has 2 amide bonds. The summed E-state index contributed by atoms with van der Waals surface area (Å²) in [5.74, 6) is 0.114. The lowest BCUT2D eigenvalue weighted by Gasteiger charge is -2.37. The summed E-state index contributed by atoms with van der Waals surface area (Å²) in [5, 5.41) is 5.68. The van der Waals surface area contributed by atoms with Gasteiger partial charge in [-0.15, -0.1) is 0 Å². The first-order chi connectivity index (χ1) is 11.4. The number of amides is 2. The monoisotopic (exact) mass is 338 g/mol. The molecule has 1 fully saturated rings. The topological polar surface area (TPSA) is 56.8 Å². The molecule has 1 heterocycles. The highest BCUT2D eigenvalue weighted by atomic mass is 19.1. The average Bonchev–Trinajstić information content (AvgIpc) is 2.54. The van der Waals surface area contributed by atoms with E-state index >= 15 is 0 Å². The molecule has 1 aromatic rings. The van der Waals surface area contributed by atoms with E-state index in [1.54, 1.807) is 12.1 Å². The number of likely N-dealkylation sites (N-methyl/N-ethyl adjacent to an activating group) is 2. The molecule has 0 bridgehead atoms. The molecule has 0 aromatic heterocycles. The Morgan fingerprint density at radius 2 is 2.17 bits per heavy atom. The van der Waals surface area contributed by atoms with Crippen molar-refractivity contribution in [1.29, 1.82) is 0 Å². The molecule has 24 heavy (non-hydrogen) atoms. The number of piperazine rings is 1. The smallest absolute Gasteiger partial charge is 0.314 e. The van der Waals surface area contributed by atoms with Crippen molar-refractivity contribution in [2.75, 3.05) is 46.8 Å². The molecule has 2 N–H and O–H groups in total. The molecular weight excluding hydrogens is 311 g/mol. The first kappa shape index (κ1) is 18.5. The number of hydrogen-bond acceptors (Lipinski definition) is 4. The molecule has 1 aliphatic rings. The Bertz CT molecular complexity index is 543. The molecule has 2 atom stereocenters. The van der Waals surface area contributed by atoms with Crippen LogP contribution >= 0.6 is 0 Å². The minimum atomic E-state index is -0.341. The van der Waals surface area contributed by atoms with Crippen molar-refractivity contribution in [3.8, 4) is 5.75 Å². The number of urea groups is 1. The van der Waals surface area contributed by atoms with Crippen molar-refractivity contribution in [3.63, 3.8) is 0 Å². The fraction of sp³-hybridized carbons (Fsp3) is 0.588. The molecule has 0 spiro atoms. The van der Waals surface area contributed by atoms with Gasteiger partial charge in [-0.2, -0.15) is 0 Å². The quantitative estimate of drug-likeness (QED) is 0.817. The van der Waals surface area contributed by atoms with Crippen LogP contribution in [-0.2, 0) is 0 Å². The Hall–Kier alpha value is -1.86. The third-order valence-electron chi connectivity index (χ3n) is 4.16. The van der Waals surface area contributed by atoms with E-state index in [1.807, 2.05) is 6.92 Å². The summed E-state index contributed by atoms with van der Waals surface area (Å²) in [5.41, 5.74) is 0. The third-order valence-corrected chi connectivity index (χ3v) is 4.16. The van der Waals surface area contributed by atoms with E-state index in [1.165, 1.54) is 12.1 Å². The lowest BCUT2D eigenvalue weighted by molar-refractivity contribution is 0.114. The standard InChI is InChI=1S/C17H27FN4O2/c1-13(24-16-6-4-5-14(18)9-16)10-19-17(23)20-11-15-12-21(2)7-8-22(15)3/h4-6,9,13,15H,7-8,10-12H2,1-3H3,(H2,19,20,23). The number of nitrogens with zero attached hydrogens (tertiary/aromatic N) is 2.